The lowest BCUT2D eigenvalue weighted by atomic mass is 10.1. The Balaban J connectivity index is 0.000000160. The van der Waals surface area contributed by atoms with Crippen molar-refractivity contribution in [3.05, 3.63) is 270 Å². The number of benzene rings is 7. The van der Waals surface area contributed by atoms with Crippen LogP contribution in [0.15, 0.2) is 223 Å². The molecule has 2 N–H and O–H groups in total. The fourth-order valence-electron chi connectivity index (χ4n) is 9.67. The summed E-state index contributed by atoms with van der Waals surface area (Å²) in [6.07, 6.45) is 10.6. The van der Waals surface area contributed by atoms with Crippen LogP contribution in [0.5, 0.6) is 5.75 Å². The zero-order valence-corrected chi connectivity index (χ0v) is 54.6. The second-order valence-electron chi connectivity index (χ2n) is 21.7. The first-order chi connectivity index (χ1) is 46.2. The van der Waals surface area contributed by atoms with Crippen molar-refractivity contribution in [2.24, 2.45) is 9.98 Å². The van der Waals surface area contributed by atoms with Gasteiger partial charge < -0.3 is 34.5 Å². The van der Waals surface area contributed by atoms with Crippen LogP contribution in [-0.2, 0) is 14.3 Å². The molecule has 1 fully saturated rings. The third-order valence-corrected chi connectivity index (χ3v) is 14.7. The van der Waals surface area contributed by atoms with Gasteiger partial charge in [0.1, 0.15) is 48.1 Å². The van der Waals surface area contributed by atoms with Gasteiger partial charge in [-0.25, -0.2) is 29.9 Å². The van der Waals surface area contributed by atoms with Crippen molar-refractivity contribution >= 4 is 59.4 Å². The maximum atomic E-state index is 13.1. The number of hydrogen-bond donors (Lipinski definition) is 2. The van der Waals surface area contributed by atoms with E-state index >= 15 is 0 Å². The molecule has 1 aliphatic rings. The van der Waals surface area contributed by atoms with Crippen LogP contribution in [0.25, 0.3) is 22.7 Å². The summed E-state index contributed by atoms with van der Waals surface area (Å²) >= 11 is 0. The molecule has 0 unspecified atom stereocenters. The van der Waals surface area contributed by atoms with E-state index in [1.165, 1.54) is 16.7 Å². The summed E-state index contributed by atoms with van der Waals surface area (Å²) in [5.41, 5.74) is 11.8. The summed E-state index contributed by atoms with van der Waals surface area (Å²) in [4.78, 5) is 85.4. The highest BCUT2D eigenvalue weighted by atomic mass is 16.5. The first kappa shape index (κ1) is 69.0. The van der Waals surface area contributed by atoms with Crippen molar-refractivity contribution in [2.45, 2.75) is 34.6 Å². The van der Waals surface area contributed by atoms with Crippen molar-refractivity contribution in [3.8, 4) is 28.5 Å². The van der Waals surface area contributed by atoms with E-state index in [-0.39, 0.29) is 23.5 Å². The number of aromatic nitrogens is 8. The average Bonchev–Trinajstić information content (AvgIpc) is 1.75. The molecule has 0 bridgehead atoms. The van der Waals surface area contributed by atoms with E-state index in [9.17, 15) is 14.4 Å². The predicted octanol–water partition coefficient (Wildman–Crippen LogP) is 12.5. The lowest BCUT2D eigenvalue weighted by molar-refractivity contribution is -0.191. The Hall–Kier alpha value is -11.9. The van der Waals surface area contributed by atoms with Crippen molar-refractivity contribution in [1.29, 1.82) is 0 Å². The van der Waals surface area contributed by atoms with Gasteiger partial charge in [-0.2, -0.15) is 9.59 Å². The third kappa shape index (κ3) is 18.4. The fraction of sp³-hybridized carbons (Fsp3) is 0.189. The number of aryl methyl sites for hydroxylation is 3. The SMILES string of the molecule is CCNc1ncn(-c2ccc(C)cc2)c1C(=O)c1ccccc1.CNc1ncn(-c2ccc(C)cc2)c1C(=O)c1ccccc1.COc1ccc(-n2cnc(N=CN(C)C)c2C(=O)c2ccccc2)cc1.Cc1ccc(-n2cnc(N=CN3CCOCC3)c2C)cc1.O=C=O. The number of rotatable bonds is 18. The van der Waals surface area contributed by atoms with E-state index in [1.54, 1.807) is 61.1 Å². The summed E-state index contributed by atoms with van der Waals surface area (Å²) in [6, 6.07) is 59.5. The molecule has 0 radical (unpaired) electrons. The summed E-state index contributed by atoms with van der Waals surface area (Å²) in [6.45, 7) is 14.2. The highest BCUT2D eigenvalue weighted by Gasteiger charge is 2.24. The van der Waals surface area contributed by atoms with Crippen molar-refractivity contribution in [3.63, 3.8) is 0 Å². The fourth-order valence-corrected chi connectivity index (χ4v) is 9.67. The standard InChI is InChI=1S/C20H20N4O2.C19H19N3O.C18H17N3O.C16H20N4O.CO2/c1-23(2)13-21-20-18(19(25)15-7-5-4-6-8-15)24(14-22-20)16-9-11-17(26-3)12-10-16;1-3-20-19-17(18(23)15-7-5-4-6-8-15)22(13-21-19)16-11-9-14(2)10-12-16;1-13-8-10-15(11-9-13)21-12-20-18(19-2)16(21)17(22)14-6-4-3-5-7-14;1-13-3-5-15(6-4-13)20-12-18-16(14(20)2)17-11-19-7-9-21-10-8-19;2-1-3/h4-14H,1-3H3;4-13,20H,3H2,1-2H3;3-12,19H,1-2H3;3-6,11-12H,7-10H2,1-2H3;. The summed E-state index contributed by atoms with van der Waals surface area (Å²) in [5.74, 6) is 2.85. The minimum atomic E-state index is -0.134. The molecule has 4 aromatic heterocycles. The van der Waals surface area contributed by atoms with Gasteiger partial charge in [0.25, 0.3) is 0 Å². The van der Waals surface area contributed by atoms with Crippen LogP contribution in [0.1, 0.15) is 77.5 Å². The monoisotopic (exact) mass is 1270 g/mol. The Kier molecular flexibility index (Phi) is 25.0. The van der Waals surface area contributed by atoms with Crippen LogP contribution in [0.3, 0.4) is 0 Å². The molecule has 0 atom stereocenters. The molecule has 12 rings (SSSR count). The molecule has 0 aliphatic carbocycles. The lowest BCUT2D eigenvalue weighted by Crippen LogP contribution is -2.35. The number of hydrogen-bond acceptors (Lipinski definition) is 15. The van der Waals surface area contributed by atoms with Crippen molar-refractivity contribution in [2.75, 3.05) is 71.7 Å². The molecule has 5 heterocycles. The number of carbonyl (C=O) groups is 3. The summed E-state index contributed by atoms with van der Waals surface area (Å²) in [7, 11) is 7.11. The van der Waals surface area contributed by atoms with Gasteiger partial charge in [-0.3, -0.25) is 28.1 Å². The molecule has 11 aromatic rings. The molecule has 7 aromatic carbocycles. The van der Waals surface area contributed by atoms with Gasteiger partial charge in [0.15, 0.2) is 23.3 Å². The topological polar surface area (TPSA) is 230 Å². The lowest BCUT2D eigenvalue weighted by Gasteiger charge is -2.23. The average molecular weight is 1270 g/mol. The zero-order chi connectivity index (χ0) is 67.6. The minimum Gasteiger partial charge on any atom is -0.497 e. The highest BCUT2D eigenvalue weighted by Crippen LogP contribution is 2.28. The van der Waals surface area contributed by atoms with Crippen LogP contribution >= 0.6 is 0 Å². The quantitative estimate of drug-likeness (QED) is 0.0462. The van der Waals surface area contributed by atoms with Crippen LogP contribution in [0, 0.1) is 27.7 Å². The number of nitrogens with zero attached hydrogens (tertiary/aromatic N) is 12. The highest BCUT2D eigenvalue weighted by molar-refractivity contribution is 6.12. The van der Waals surface area contributed by atoms with E-state index in [0.29, 0.717) is 57.8 Å². The first-order valence-electron chi connectivity index (χ1n) is 30.5. The van der Waals surface area contributed by atoms with E-state index in [2.05, 4.69) is 81.2 Å². The number of aliphatic imine (C=N–C) groups is 2. The molecule has 95 heavy (non-hydrogen) atoms. The van der Waals surface area contributed by atoms with E-state index in [0.717, 1.165) is 66.3 Å². The molecular formula is C74H76N14O7. The Labute approximate surface area is 552 Å². The molecule has 1 aliphatic heterocycles. The van der Waals surface area contributed by atoms with E-state index in [4.69, 9.17) is 19.1 Å². The number of ketones is 3. The van der Waals surface area contributed by atoms with Gasteiger partial charge in [-0.1, -0.05) is 144 Å². The Morgan fingerprint density at radius 3 is 1.34 bits per heavy atom. The number of ether oxygens (including phenoxy) is 2. The maximum Gasteiger partial charge on any atom is 0.373 e. The number of morpholine rings is 1. The largest absolute Gasteiger partial charge is 0.497 e. The predicted molar refractivity (Wildman–Crippen MR) is 370 cm³/mol. The minimum absolute atomic E-state index is 0.0420. The number of methoxy groups -OCH3 is 1. The Bertz CT molecular complexity index is 4340. The van der Waals surface area contributed by atoms with Gasteiger partial charge in [-0.15, -0.1) is 0 Å². The second kappa shape index (κ2) is 34.5. The van der Waals surface area contributed by atoms with E-state index in [1.807, 2.05) is 215 Å². The smallest absolute Gasteiger partial charge is 0.373 e. The molecule has 0 amide bonds. The van der Waals surface area contributed by atoms with Gasteiger partial charge in [0.05, 0.1) is 38.7 Å². The van der Waals surface area contributed by atoms with Gasteiger partial charge in [0, 0.05) is 80.2 Å². The van der Waals surface area contributed by atoms with Crippen molar-refractivity contribution < 1.29 is 33.4 Å². The van der Waals surface area contributed by atoms with E-state index < -0.39 is 0 Å². The normalized spacial score (nSPS) is 11.5. The maximum absolute atomic E-state index is 13.1. The molecule has 1 saturated heterocycles. The molecule has 0 spiro atoms. The second-order valence-corrected chi connectivity index (χ2v) is 21.7. The molecule has 21 heteroatoms. The number of anilines is 2. The van der Waals surface area contributed by atoms with Gasteiger partial charge >= 0.3 is 6.15 Å². The molecule has 0 saturated carbocycles. The Morgan fingerprint density at radius 1 is 0.526 bits per heavy atom. The molecule has 21 nitrogen and oxygen atoms in total. The third-order valence-electron chi connectivity index (χ3n) is 14.7. The molecule has 484 valence electrons. The van der Waals surface area contributed by atoms with Crippen LogP contribution in [0.2, 0.25) is 0 Å². The van der Waals surface area contributed by atoms with Gasteiger partial charge in [0.2, 0.25) is 17.3 Å². The van der Waals surface area contributed by atoms with Gasteiger partial charge in [-0.05, 0) is 95.3 Å². The Morgan fingerprint density at radius 2 is 0.905 bits per heavy atom. The number of nitrogens with one attached hydrogen (secondary N) is 2. The summed E-state index contributed by atoms with van der Waals surface area (Å²) in [5, 5.41) is 6.17. The van der Waals surface area contributed by atoms with Crippen LogP contribution < -0.4 is 15.4 Å². The zero-order valence-electron chi connectivity index (χ0n) is 54.6. The van der Waals surface area contributed by atoms with Crippen molar-refractivity contribution in [1.82, 2.24) is 48.0 Å². The summed E-state index contributed by atoms with van der Waals surface area (Å²) < 4.78 is 18.0. The van der Waals surface area contributed by atoms with Crippen LogP contribution in [-0.4, -0.2) is 145 Å². The molecular weight excluding hydrogens is 1200 g/mol. The number of imidazole rings is 4. The van der Waals surface area contributed by atoms with Crippen LogP contribution in [0.4, 0.5) is 23.3 Å². The first-order valence-corrected chi connectivity index (χ1v) is 30.5. The number of carbonyl (C=O) groups excluding carboxylic acids is 5.